The van der Waals surface area contributed by atoms with Crippen LogP contribution in [0.5, 0.6) is 0 Å². The Morgan fingerprint density at radius 3 is 2.80 bits per heavy atom. The normalized spacial score (nSPS) is 23.1. The highest BCUT2D eigenvalue weighted by molar-refractivity contribution is 5.84. The Kier molecular flexibility index (Phi) is 4.31. The van der Waals surface area contributed by atoms with Gasteiger partial charge in [-0.2, -0.15) is 0 Å². The molecule has 0 atom stereocenters. The van der Waals surface area contributed by atoms with Crippen molar-refractivity contribution in [3.05, 3.63) is 42.2 Å². The summed E-state index contributed by atoms with van der Waals surface area (Å²) in [7, 11) is 0. The molecule has 0 saturated heterocycles. The fraction of sp³-hybridized carbons (Fsp3) is 0.500. The third kappa shape index (κ3) is 3.01. The van der Waals surface area contributed by atoms with Gasteiger partial charge in [0.15, 0.2) is 0 Å². The lowest BCUT2D eigenvalue weighted by Gasteiger charge is -2.28. The summed E-state index contributed by atoms with van der Waals surface area (Å²) in [5.41, 5.74) is 1.39. The second-order valence-corrected chi connectivity index (χ2v) is 6.02. The molecule has 1 saturated carbocycles. The van der Waals surface area contributed by atoms with E-state index in [4.69, 9.17) is 0 Å². The molecule has 1 aromatic heterocycles. The van der Waals surface area contributed by atoms with Gasteiger partial charge in [-0.3, -0.25) is 4.98 Å². The van der Waals surface area contributed by atoms with Gasteiger partial charge in [-0.05, 0) is 48.6 Å². The monoisotopic (exact) mass is 268 g/mol. The van der Waals surface area contributed by atoms with E-state index in [9.17, 15) is 0 Å². The highest BCUT2D eigenvalue weighted by atomic mass is 14.9. The van der Waals surface area contributed by atoms with Gasteiger partial charge in [-0.1, -0.05) is 31.5 Å². The van der Waals surface area contributed by atoms with E-state index in [2.05, 4.69) is 41.5 Å². The summed E-state index contributed by atoms with van der Waals surface area (Å²) in [6.07, 6.45) is 10.7. The highest BCUT2D eigenvalue weighted by Crippen LogP contribution is 2.27. The molecule has 20 heavy (non-hydrogen) atoms. The van der Waals surface area contributed by atoms with Crippen LogP contribution in [0.25, 0.3) is 10.8 Å². The van der Waals surface area contributed by atoms with E-state index in [0.29, 0.717) is 6.04 Å². The van der Waals surface area contributed by atoms with Crippen LogP contribution >= 0.6 is 0 Å². The van der Waals surface area contributed by atoms with Gasteiger partial charge in [0, 0.05) is 30.4 Å². The number of pyridine rings is 1. The summed E-state index contributed by atoms with van der Waals surface area (Å²) in [5.74, 6) is 0.969. The molecule has 1 aromatic carbocycles. The Morgan fingerprint density at radius 1 is 1.15 bits per heavy atom. The summed E-state index contributed by atoms with van der Waals surface area (Å²) in [5, 5.41) is 6.32. The number of hydrogen-bond acceptors (Lipinski definition) is 2. The first kappa shape index (κ1) is 13.6. The summed E-state index contributed by atoms with van der Waals surface area (Å²) >= 11 is 0. The Bertz CT molecular complexity index is 551. The molecule has 2 nitrogen and oxygen atoms in total. The number of rotatable bonds is 4. The predicted octanol–water partition coefficient (Wildman–Crippen LogP) is 4.29. The number of aromatic nitrogens is 1. The van der Waals surface area contributed by atoms with E-state index < -0.39 is 0 Å². The first-order valence-corrected chi connectivity index (χ1v) is 7.92. The molecular formula is C18H24N2. The second kappa shape index (κ2) is 6.36. The molecule has 1 aliphatic carbocycles. The second-order valence-electron chi connectivity index (χ2n) is 6.02. The summed E-state index contributed by atoms with van der Waals surface area (Å²) < 4.78 is 0. The van der Waals surface area contributed by atoms with Crippen molar-refractivity contribution < 1.29 is 0 Å². The first-order valence-electron chi connectivity index (χ1n) is 7.92. The van der Waals surface area contributed by atoms with Gasteiger partial charge in [0.05, 0.1) is 0 Å². The van der Waals surface area contributed by atoms with Gasteiger partial charge in [0.2, 0.25) is 0 Å². The minimum Gasteiger partial charge on any atom is -0.310 e. The molecule has 1 aliphatic rings. The molecular weight excluding hydrogens is 244 g/mol. The van der Waals surface area contributed by atoms with E-state index in [0.717, 1.165) is 12.5 Å². The number of hydrogen-bond donors (Lipinski definition) is 1. The summed E-state index contributed by atoms with van der Waals surface area (Å²) in [4.78, 5) is 4.20. The van der Waals surface area contributed by atoms with Crippen LogP contribution in [0, 0.1) is 5.92 Å². The van der Waals surface area contributed by atoms with Crippen LogP contribution in [-0.2, 0) is 6.54 Å². The topological polar surface area (TPSA) is 24.9 Å². The van der Waals surface area contributed by atoms with Crippen molar-refractivity contribution >= 4 is 10.8 Å². The van der Waals surface area contributed by atoms with E-state index >= 15 is 0 Å². The van der Waals surface area contributed by atoms with E-state index in [-0.39, 0.29) is 0 Å². The van der Waals surface area contributed by atoms with E-state index in [1.54, 1.807) is 0 Å². The minimum atomic E-state index is 0.704. The Labute approximate surface area is 121 Å². The molecule has 1 fully saturated rings. The zero-order chi connectivity index (χ0) is 13.8. The van der Waals surface area contributed by atoms with Crippen LogP contribution in [0.4, 0.5) is 0 Å². The molecule has 3 rings (SSSR count). The molecule has 2 heteroatoms. The Hall–Kier alpha value is -1.41. The van der Waals surface area contributed by atoms with E-state index in [1.807, 2.05) is 12.4 Å². The highest BCUT2D eigenvalue weighted by Gasteiger charge is 2.19. The smallest absolute Gasteiger partial charge is 0.0346 e. The quantitative estimate of drug-likeness (QED) is 0.894. The molecule has 1 heterocycles. The molecule has 0 amide bonds. The van der Waals surface area contributed by atoms with Crippen molar-refractivity contribution in [1.82, 2.24) is 10.3 Å². The largest absolute Gasteiger partial charge is 0.310 e. The lowest BCUT2D eigenvalue weighted by Crippen LogP contribution is -2.32. The number of benzene rings is 1. The van der Waals surface area contributed by atoms with Gasteiger partial charge in [-0.15, -0.1) is 0 Å². The van der Waals surface area contributed by atoms with Gasteiger partial charge >= 0.3 is 0 Å². The molecule has 106 valence electrons. The van der Waals surface area contributed by atoms with Crippen molar-refractivity contribution in [2.45, 2.75) is 51.6 Å². The summed E-state index contributed by atoms with van der Waals surface area (Å²) in [6.45, 7) is 3.30. The first-order chi connectivity index (χ1) is 9.86. The van der Waals surface area contributed by atoms with Crippen molar-refractivity contribution in [2.24, 2.45) is 5.92 Å². The fourth-order valence-electron chi connectivity index (χ4n) is 3.37. The predicted molar refractivity (Wildman–Crippen MR) is 84.6 cm³/mol. The maximum absolute atomic E-state index is 4.20. The van der Waals surface area contributed by atoms with Gasteiger partial charge < -0.3 is 5.32 Å². The Morgan fingerprint density at radius 2 is 2.00 bits per heavy atom. The average Bonchev–Trinajstić information content (AvgIpc) is 2.53. The number of fused-ring (bicyclic) bond motifs is 1. The third-order valence-electron chi connectivity index (χ3n) is 4.78. The molecule has 0 bridgehead atoms. The zero-order valence-electron chi connectivity index (χ0n) is 12.3. The maximum Gasteiger partial charge on any atom is 0.0346 e. The molecule has 0 unspecified atom stereocenters. The summed E-state index contributed by atoms with van der Waals surface area (Å²) in [6, 6.07) is 9.33. The van der Waals surface area contributed by atoms with Crippen molar-refractivity contribution in [1.29, 1.82) is 0 Å². The van der Waals surface area contributed by atoms with Gasteiger partial charge in [0.1, 0.15) is 0 Å². The van der Waals surface area contributed by atoms with E-state index in [1.165, 1.54) is 48.4 Å². The molecule has 2 aromatic rings. The standard InChI is InChI=1S/C18H24N2/c1-2-14-6-8-17(9-7-14)20-13-16-5-3-4-15-12-19-11-10-18(15)16/h3-5,10-12,14,17,20H,2,6-9,13H2,1H3. The van der Waals surface area contributed by atoms with Gasteiger partial charge in [0.25, 0.3) is 0 Å². The van der Waals surface area contributed by atoms with Crippen molar-refractivity contribution in [2.75, 3.05) is 0 Å². The van der Waals surface area contributed by atoms with Gasteiger partial charge in [-0.25, -0.2) is 0 Å². The molecule has 0 radical (unpaired) electrons. The Balaban J connectivity index is 1.63. The van der Waals surface area contributed by atoms with Crippen LogP contribution in [0.15, 0.2) is 36.7 Å². The van der Waals surface area contributed by atoms with Crippen LogP contribution < -0.4 is 5.32 Å². The molecule has 0 aliphatic heterocycles. The van der Waals surface area contributed by atoms with Crippen LogP contribution in [0.1, 0.15) is 44.6 Å². The molecule has 1 N–H and O–H groups in total. The van der Waals surface area contributed by atoms with Crippen LogP contribution in [0.2, 0.25) is 0 Å². The van der Waals surface area contributed by atoms with Crippen molar-refractivity contribution in [3.8, 4) is 0 Å². The lowest BCUT2D eigenvalue weighted by atomic mass is 9.84. The van der Waals surface area contributed by atoms with Crippen molar-refractivity contribution in [3.63, 3.8) is 0 Å². The number of nitrogens with one attached hydrogen (secondary N) is 1. The zero-order valence-corrected chi connectivity index (χ0v) is 12.3. The fourth-order valence-corrected chi connectivity index (χ4v) is 3.37. The van der Waals surface area contributed by atoms with Crippen LogP contribution in [-0.4, -0.2) is 11.0 Å². The maximum atomic E-state index is 4.20. The molecule has 0 spiro atoms. The SMILES string of the molecule is CCC1CCC(NCc2cccc3cnccc23)CC1. The average molecular weight is 268 g/mol. The number of nitrogens with zero attached hydrogens (tertiary/aromatic N) is 1. The lowest BCUT2D eigenvalue weighted by molar-refractivity contribution is 0.285. The third-order valence-corrected chi connectivity index (χ3v) is 4.78. The minimum absolute atomic E-state index is 0.704. The van der Waals surface area contributed by atoms with Crippen LogP contribution in [0.3, 0.4) is 0 Å².